The predicted molar refractivity (Wildman–Crippen MR) is 123 cm³/mol. The Morgan fingerprint density at radius 3 is 2.17 bits per heavy atom. The Morgan fingerprint density at radius 1 is 0.917 bits per heavy atom. The number of nitrogens with zero attached hydrogens (tertiary/aromatic N) is 1. The number of aryl methyl sites for hydroxylation is 1. The molecule has 1 N–H and O–H groups in total. The van der Waals surface area contributed by atoms with Gasteiger partial charge in [0.15, 0.2) is 0 Å². The Balaban J connectivity index is 1.90. The van der Waals surface area contributed by atoms with Crippen molar-refractivity contribution >= 4 is 11.6 Å². The van der Waals surface area contributed by atoms with Crippen molar-refractivity contribution in [2.45, 2.75) is 31.4 Å². The number of likely N-dealkylation sites (N-methyl/N-ethyl adjacent to an activating group) is 1. The first-order chi connectivity index (χ1) is 17.0. The molecule has 0 unspecified atom stereocenters. The summed E-state index contributed by atoms with van der Waals surface area (Å²) in [5, 5.41) is 2.60. The molecule has 0 aliphatic heterocycles. The molecule has 0 aliphatic carbocycles. The van der Waals surface area contributed by atoms with E-state index in [-0.39, 0.29) is 12.5 Å². The van der Waals surface area contributed by atoms with Crippen LogP contribution >= 0.6 is 0 Å². The van der Waals surface area contributed by atoms with Gasteiger partial charge in [-0.2, -0.15) is 13.2 Å². The van der Waals surface area contributed by atoms with Gasteiger partial charge in [0.25, 0.3) is 0 Å². The van der Waals surface area contributed by atoms with Crippen LogP contribution in [0.4, 0.5) is 32.0 Å². The number of alkyl halides is 6. The fourth-order valence-corrected chi connectivity index (χ4v) is 3.83. The molecule has 0 fully saturated rings. The van der Waals surface area contributed by atoms with Crippen molar-refractivity contribution in [3.63, 3.8) is 0 Å². The number of carbonyl (C=O) groups excluding carboxylic acids is 1. The average molecular weight is 510 g/mol. The fourth-order valence-electron chi connectivity index (χ4n) is 3.83. The highest BCUT2D eigenvalue weighted by molar-refractivity contribution is 5.86. The average Bonchev–Trinajstić information content (AvgIpc) is 2.82. The van der Waals surface area contributed by atoms with Gasteiger partial charge in [-0.05, 0) is 48.2 Å². The molecule has 0 aliphatic rings. The maximum absolute atomic E-state index is 12.9. The zero-order chi connectivity index (χ0) is 26.3. The first-order valence-corrected chi connectivity index (χ1v) is 11.0. The SMILES string of the molecule is CNC(=O)[C@@H](c1ccccc1)N(CCCc1ccc(C(F)(F)F)cc1)c1cccc(OC(F)(F)F)c1. The van der Waals surface area contributed by atoms with Gasteiger partial charge in [0.05, 0.1) is 5.56 Å². The molecule has 0 radical (unpaired) electrons. The molecule has 4 nitrogen and oxygen atoms in total. The highest BCUT2D eigenvalue weighted by atomic mass is 19.4. The van der Waals surface area contributed by atoms with E-state index < -0.39 is 29.9 Å². The third-order valence-electron chi connectivity index (χ3n) is 5.45. The van der Waals surface area contributed by atoms with Crippen LogP contribution in [0.1, 0.15) is 29.2 Å². The van der Waals surface area contributed by atoms with Crippen LogP contribution in [0.25, 0.3) is 0 Å². The second kappa shape index (κ2) is 11.4. The first kappa shape index (κ1) is 26.9. The van der Waals surface area contributed by atoms with Gasteiger partial charge >= 0.3 is 12.5 Å². The molecule has 1 atom stereocenters. The molecule has 0 spiro atoms. The summed E-state index contributed by atoms with van der Waals surface area (Å²) in [6, 6.07) is 18.0. The van der Waals surface area contributed by atoms with Crippen LogP contribution in [-0.4, -0.2) is 25.9 Å². The van der Waals surface area contributed by atoms with E-state index in [4.69, 9.17) is 0 Å². The Bertz CT molecular complexity index is 1130. The highest BCUT2D eigenvalue weighted by Crippen LogP contribution is 2.33. The summed E-state index contributed by atoms with van der Waals surface area (Å²) in [6.07, 6.45) is -8.51. The lowest BCUT2D eigenvalue weighted by molar-refractivity contribution is -0.274. The zero-order valence-corrected chi connectivity index (χ0v) is 19.2. The lowest BCUT2D eigenvalue weighted by atomic mass is 10.0. The summed E-state index contributed by atoms with van der Waals surface area (Å²) < 4.78 is 81.0. The second-order valence-electron chi connectivity index (χ2n) is 7.96. The van der Waals surface area contributed by atoms with E-state index >= 15 is 0 Å². The van der Waals surface area contributed by atoms with Crippen molar-refractivity contribution in [1.82, 2.24) is 5.32 Å². The van der Waals surface area contributed by atoms with E-state index in [9.17, 15) is 31.1 Å². The number of hydrogen-bond acceptors (Lipinski definition) is 3. The van der Waals surface area contributed by atoms with Crippen molar-refractivity contribution in [2.24, 2.45) is 0 Å². The molecule has 0 bridgehead atoms. The number of halogens is 6. The summed E-state index contributed by atoms with van der Waals surface area (Å²) >= 11 is 0. The quantitative estimate of drug-likeness (QED) is 0.333. The van der Waals surface area contributed by atoms with Crippen LogP contribution in [0.2, 0.25) is 0 Å². The van der Waals surface area contributed by atoms with Crippen LogP contribution < -0.4 is 15.0 Å². The number of carbonyl (C=O) groups is 1. The van der Waals surface area contributed by atoms with Crippen molar-refractivity contribution in [1.29, 1.82) is 0 Å². The lowest BCUT2D eigenvalue weighted by Gasteiger charge is -2.33. The number of nitrogens with one attached hydrogen (secondary N) is 1. The van der Waals surface area contributed by atoms with Crippen LogP contribution in [0.3, 0.4) is 0 Å². The molecule has 1 amide bonds. The highest BCUT2D eigenvalue weighted by Gasteiger charge is 2.32. The topological polar surface area (TPSA) is 41.6 Å². The van der Waals surface area contributed by atoms with E-state index in [1.165, 1.54) is 31.3 Å². The van der Waals surface area contributed by atoms with Gasteiger partial charge in [-0.15, -0.1) is 13.2 Å². The van der Waals surface area contributed by atoms with Crippen LogP contribution in [-0.2, 0) is 17.4 Å². The standard InChI is InChI=1S/C26H24F6N2O2/c1-33-24(35)23(19-8-3-2-4-9-19)34(21-10-5-11-22(17-21)36-26(30,31)32)16-6-7-18-12-14-20(15-13-18)25(27,28)29/h2-5,8-15,17,23H,6-7,16H2,1H3,(H,33,35)/t23-/m1/s1. The number of amides is 1. The second-order valence-corrected chi connectivity index (χ2v) is 7.96. The first-order valence-electron chi connectivity index (χ1n) is 11.0. The van der Waals surface area contributed by atoms with Gasteiger partial charge in [-0.25, -0.2) is 0 Å². The summed E-state index contributed by atoms with van der Waals surface area (Å²) in [6.45, 7) is 0.226. The molecule has 3 aromatic carbocycles. The Kier molecular flexibility index (Phi) is 8.49. The number of rotatable bonds is 9. The van der Waals surface area contributed by atoms with E-state index in [1.807, 2.05) is 0 Å². The van der Waals surface area contributed by atoms with E-state index in [0.29, 0.717) is 29.7 Å². The van der Waals surface area contributed by atoms with Crippen molar-refractivity contribution < 1.29 is 35.9 Å². The van der Waals surface area contributed by atoms with Gasteiger partial charge in [-0.1, -0.05) is 48.5 Å². The minimum absolute atomic E-state index is 0.226. The van der Waals surface area contributed by atoms with Gasteiger partial charge in [0.2, 0.25) is 5.91 Å². The monoisotopic (exact) mass is 510 g/mol. The summed E-state index contributed by atoms with van der Waals surface area (Å²) in [4.78, 5) is 14.6. The number of ether oxygens (including phenoxy) is 1. The zero-order valence-electron chi connectivity index (χ0n) is 19.2. The molecule has 36 heavy (non-hydrogen) atoms. The van der Waals surface area contributed by atoms with Crippen molar-refractivity contribution in [3.8, 4) is 5.75 Å². The van der Waals surface area contributed by atoms with E-state index in [2.05, 4.69) is 10.1 Å². The van der Waals surface area contributed by atoms with Crippen LogP contribution in [0, 0.1) is 0 Å². The molecule has 3 rings (SSSR count). The fraction of sp³-hybridized carbons (Fsp3) is 0.269. The van der Waals surface area contributed by atoms with Gasteiger partial charge in [0, 0.05) is 25.3 Å². The normalized spacial score (nSPS) is 12.6. The molecule has 192 valence electrons. The Hall–Kier alpha value is -3.69. The van der Waals surface area contributed by atoms with Gasteiger partial charge in [0.1, 0.15) is 11.8 Å². The van der Waals surface area contributed by atoms with Crippen LogP contribution in [0.5, 0.6) is 5.75 Å². The minimum atomic E-state index is -4.88. The van der Waals surface area contributed by atoms with Gasteiger partial charge < -0.3 is 15.0 Å². The molecule has 10 heteroatoms. The summed E-state index contributed by atoms with van der Waals surface area (Å²) in [5.41, 5.74) is 0.849. The summed E-state index contributed by atoms with van der Waals surface area (Å²) in [5.74, 6) is -0.811. The van der Waals surface area contributed by atoms with Gasteiger partial charge in [-0.3, -0.25) is 4.79 Å². The third-order valence-corrected chi connectivity index (χ3v) is 5.45. The lowest BCUT2D eigenvalue weighted by Crippen LogP contribution is -2.40. The summed E-state index contributed by atoms with van der Waals surface area (Å²) in [7, 11) is 1.46. The van der Waals surface area contributed by atoms with Crippen LogP contribution in [0.15, 0.2) is 78.9 Å². The maximum atomic E-state index is 12.9. The van der Waals surface area contributed by atoms with E-state index in [1.54, 1.807) is 41.3 Å². The smallest absolute Gasteiger partial charge is 0.406 e. The molecular weight excluding hydrogens is 486 g/mol. The molecule has 0 saturated carbocycles. The molecule has 0 heterocycles. The Morgan fingerprint density at radius 2 is 1.58 bits per heavy atom. The van der Waals surface area contributed by atoms with Crippen molar-refractivity contribution in [2.75, 3.05) is 18.5 Å². The largest absolute Gasteiger partial charge is 0.573 e. The number of benzene rings is 3. The Labute approximate surface area is 204 Å². The molecular formula is C26H24F6N2O2. The number of anilines is 1. The predicted octanol–water partition coefficient (Wildman–Crippen LogP) is 6.53. The maximum Gasteiger partial charge on any atom is 0.573 e. The molecule has 0 saturated heterocycles. The van der Waals surface area contributed by atoms with E-state index in [0.717, 1.165) is 18.2 Å². The van der Waals surface area contributed by atoms with Crippen molar-refractivity contribution in [3.05, 3.63) is 95.6 Å². The molecule has 3 aromatic rings. The third kappa shape index (κ3) is 7.40. The minimum Gasteiger partial charge on any atom is -0.406 e. The molecule has 0 aromatic heterocycles. The number of hydrogen-bond donors (Lipinski definition) is 1.